The molecule has 0 aliphatic carbocycles. The van der Waals surface area contributed by atoms with Gasteiger partial charge in [-0.15, -0.1) is 0 Å². The van der Waals surface area contributed by atoms with E-state index in [0.29, 0.717) is 11.6 Å². The van der Waals surface area contributed by atoms with E-state index in [1.54, 1.807) is 6.07 Å². The molecule has 0 saturated carbocycles. The molecule has 1 nitrogen and oxygen atoms in total. The summed E-state index contributed by atoms with van der Waals surface area (Å²) in [6, 6.07) is 4.36. The molecule has 0 aromatic heterocycles. The minimum Gasteiger partial charge on any atom is -0.314 e. The van der Waals surface area contributed by atoms with Gasteiger partial charge >= 0.3 is 0 Å². The van der Waals surface area contributed by atoms with Gasteiger partial charge < -0.3 is 5.32 Å². The van der Waals surface area contributed by atoms with Gasteiger partial charge in [-0.1, -0.05) is 6.07 Å². The molecule has 1 aliphatic rings. The first-order chi connectivity index (χ1) is 7.16. The van der Waals surface area contributed by atoms with E-state index < -0.39 is 11.6 Å². The van der Waals surface area contributed by atoms with Gasteiger partial charge in [0, 0.05) is 18.7 Å². The lowest BCUT2D eigenvalue weighted by molar-refractivity contribution is 0.377. The average Bonchev–Trinajstić information content (AvgIpc) is 2.20. The second-order valence-electron chi connectivity index (χ2n) is 4.25. The lowest BCUT2D eigenvalue weighted by Crippen LogP contribution is -2.36. The van der Waals surface area contributed by atoms with Crippen LogP contribution in [0.4, 0.5) is 8.78 Å². The Balaban J connectivity index is 2.15. The van der Waals surface area contributed by atoms with Crippen molar-refractivity contribution in [1.29, 1.82) is 0 Å². The van der Waals surface area contributed by atoms with Crippen LogP contribution in [0.3, 0.4) is 0 Å². The Kier molecular flexibility index (Phi) is 3.00. The molecule has 1 aromatic carbocycles. The summed E-state index contributed by atoms with van der Waals surface area (Å²) in [5.74, 6) is -0.744. The van der Waals surface area contributed by atoms with Crippen LogP contribution in [0.15, 0.2) is 18.2 Å². The molecule has 2 atom stereocenters. The maximum Gasteiger partial charge on any atom is 0.129 e. The highest BCUT2D eigenvalue weighted by Gasteiger charge is 2.21. The summed E-state index contributed by atoms with van der Waals surface area (Å²) in [6.07, 6.45) is 2.01. The monoisotopic (exact) mass is 211 g/mol. The zero-order valence-corrected chi connectivity index (χ0v) is 8.76. The van der Waals surface area contributed by atoms with Gasteiger partial charge in [-0.3, -0.25) is 0 Å². The van der Waals surface area contributed by atoms with Crippen LogP contribution in [0.25, 0.3) is 0 Å². The number of hydrogen-bond acceptors (Lipinski definition) is 1. The third kappa shape index (κ3) is 2.34. The molecular formula is C12H15F2N. The smallest absolute Gasteiger partial charge is 0.129 e. The van der Waals surface area contributed by atoms with Crippen LogP contribution in [0, 0.1) is 11.6 Å². The summed E-state index contributed by atoms with van der Waals surface area (Å²) in [5.41, 5.74) is 0.635. The van der Waals surface area contributed by atoms with Gasteiger partial charge in [-0.2, -0.15) is 0 Å². The third-order valence-corrected chi connectivity index (χ3v) is 3.06. The van der Waals surface area contributed by atoms with E-state index in [4.69, 9.17) is 0 Å². The molecule has 1 N–H and O–H groups in total. The standard InChI is InChI=1S/C12H15F2N/c1-8-2-3-9(7-15-8)11-5-4-10(13)6-12(11)14/h4-6,8-9,15H,2-3,7H2,1H3. The van der Waals surface area contributed by atoms with Gasteiger partial charge in [0.1, 0.15) is 11.6 Å². The second-order valence-corrected chi connectivity index (χ2v) is 4.25. The van der Waals surface area contributed by atoms with Crippen LogP contribution in [-0.4, -0.2) is 12.6 Å². The van der Waals surface area contributed by atoms with Crippen molar-refractivity contribution in [2.45, 2.75) is 31.7 Å². The van der Waals surface area contributed by atoms with Gasteiger partial charge in [-0.25, -0.2) is 8.78 Å². The molecule has 0 radical (unpaired) electrons. The predicted octanol–water partition coefficient (Wildman–Crippen LogP) is 2.82. The number of piperidine rings is 1. The Morgan fingerprint density at radius 2 is 2.07 bits per heavy atom. The van der Waals surface area contributed by atoms with Gasteiger partial charge in [0.05, 0.1) is 0 Å². The molecule has 15 heavy (non-hydrogen) atoms. The SMILES string of the molecule is CC1CCC(c2ccc(F)cc2F)CN1. The molecule has 2 rings (SSSR count). The first-order valence-corrected chi connectivity index (χ1v) is 5.35. The molecule has 1 aliphatic heterocycles. The maximum atomic E-state index is 13.5. The minimum atomic E-state index is -0.506. The third-order valence-electron chi connectivity index (χ3n) is 3.06. The van der Waals surface area contributed by atoms with Gasteiger partial charge in [0.15, 0.2) is 0 Å². The molecular weight excluding hydrogens is 196 g/mol. The van der Waals surface area contributed by atoms with Crippen molar-refractivity contribution in [2.75, 3.05) is 6.54 Å². The summed E-state index contributed by atoms with van der Waals surface area (Å²) < 4.78 is 26.2. The maximum absolute atomic E-state index is 13.5. The van der Waals surface area contributed by atoms with E-state index >= 15 is 0 Å². The molecule has 2 unspecified atom stereocenters. The molecule has 0 amide bonds. The fourth-order valence-electron chi connectivity index (χ4n) is 2.10. The van der Waals surface area contributed by atoms with E-state index in [1.165, 1.54) is 6.07 Å². The van der Waals surface area contributed by atoms with E-state index in [2.05, 4.69) is 12.2 Å². The molecule has 1 fully saturated rings. The summed E-state index contributed by atoms with van der Waals surface area (Å²) in [7, 11) is 0. The van der Waals surface area contributed by atoms with E-state index in [9.17, 15) is 8.78 Å². The van der Waals surface area contributed by atoms with Crippen molar-refractivity contribution in [3.05, 3.63) is 35.4 Å². The van der Waals surface area contributed by atoms with E-state index in [-0.39, 0.29) is 5.92 Å². The Morgan fingerprint density at radius 3 is 2.67 bits per heavy atom. The number of hydrogen-bond donors (Lipinski definition) is 1. The van der Waals surface area contributed by atoms with Crippen molar-refractivity contribution >= 4 is 0 Å². The Hall–Kier alpha value is -0.960. The van der Waals surface area contributed by atoms with Gasteiger partial charge in [0.2, 0.25) is 0 Å². The summed E-state index contributed by atoms with van der Waals surface area (Å²) in [5, 5.41) is 3.31. The van der Waals surface area contributed by atoms with E-state index in [1.807, 2.05) is 0 Å². The lowest BCUT2D eigenvalue weighted by atomic mass is 9.89. The van der Waals surface area contributed by atoms with Crippen molar-refractivity contribution in [1.82, 2.24) is 5.32 Å². The van der Waals surface area contributed by atoms with E-state index in [0.717, 1.165) is 25.5 Å². The zero-order chi connectivity index (χ0) is 10.8. The van der Waals surface area contributed by atoms with Crippen LogP contribution in [0.5, 0.6) is 0 Å². The highest BCUT2D eigenvalue weighted by molar-refractivity contribution is 5.23. The van der Waals surface area contributed by atoms with Crippen molar-refractivity contribution in [3.63, 3.8) is 0 Å². The lowest BCUT2D eigenvalue weighted by Gasteiger charge is -2.28. The molecule has 1 saturated heterocycles. The van der Waals surface area contributed by atoms with Crippen molar-refractivity contribution in [2.24, 2.45) is 0 Å². The number of halogens is 2. The summed E-state index contributed by atoms with van der Waals surface area (Å²) >= 11 is 0. The molecule has 1 heterocycles. The Bertz CT molecular complexity index is 343. The topological polar surface area (TPSA) is 12.0 Å². The molecule has 82 valence electrons. The van der Waals surface area contributed by atoms with Gasteiger partial charge in [-0.05, 0) is 37.3 Å². The number of nitrogens with one attached hydrogen (secondary N) is 1. The normalized spacial score (nSPS) is 26.6. The van der Waals surface area contributed by atoms with Crippen LogP contribution in [0.2, 0.25) is 0 Å². The molecule has 3 heteroatoms. The van der Waals surface area contributed by atoms with Crippen LogP contribution < -0.4 is 5.32 Å². The summed E-state index contributed by atoms with van der Waals surface area (Å²) in [6.45, 7) is 2.90. The highest BCUT2D eigenvalue weighted by Crippen LogP contribution is 2.27. The van der Waals surface area contributed by atoms with Crippen LogP contribution in [0.1, 0.15) is 31.2 Å². The Labute approximate surface area is 88.5 Å². The Morgan fingerprint density at radius 1 is 1.27 bits per heavy atom. The molecule has 1 aromatic rings. The quantitative estimate of drug-likeness (QED) is 0.753. The largest absolute Gasteiger partial charge is 0.314 e. The summed E-state index contributed by atoms with van der Waals surface area (Å²) in [4.78, 5) is 0. The number of benzene rings is 1. The van der Waals surface area contributed by atoms with Crippen LogP contribution in [-0.2, 0) is 0 Å². The predicted molar refractivity (Wildman–Crippen MR) is 55.8 cm³/mol. The fourth-order valence-corrected chi connectivity index (χ4v) is 2.10. The average molecular weight is 211 g/mol. The minimum absolute atomic E-state index is 0.182. The van der Waals surface area contributed by atoms with Gasteiger partial charge in [0.25, 0.3) is 0 Å². The molecule has 0 spiro atoms. The fraction of sp³-hybridized carbons (Fsp3) is 0.500. The van der Waals surface area contributed by atoms with Crippen molar-refractivity contribution in [3.8, 4) is 0 Å². The first-order valence-electron chi connectivity index (χ1n) is 5.35. The highest BCUT2D eigenvalue weighted by atomic mass is 19.1. The second kappa shape index (κ2) is 4.27. The molecule has 0 bridgehead atoms. The van der Waals surface area contributed by atoms with Crippen molar-refractivity contribution < 1.29 is 8.78 Å². The number of rotatable bonds is 1. The zero-order valence-electron chi connectivity index (χ0n) is 8.76. The first kappa shape index (κ1) is 10.6. The van der Waals surface area contributed by atoms with Crippen LogP contribution >= 0.6 is 0 Å².